The molecule has 0 aliphatic heterocycles. The predicted octanol–water partition coefficient (Wildman–Crippen LogP) is 4.56. The minimum atomic E-state index is 0.651. The Kier molecular flexibility index (Phi) is 1.98. The van der Waals surface area contributed by atoms with Gasteiger partial charge < -0.3 is 0 Å². The Balaban J connectivity index is 2.05. The molecule has 0 radical (unpaired) electrons. The summed E-state index contributed by atoms with van der Waals surface area (Å²) in [6, 6.07) is 8.92. The summed E-state index contributed by atoms with van der Waals surface area (Å²) in [5.74, 6) is 1.30. The molecule has 2 atom stereocenters. The molecular formula is C15H12S2. The lowest BCUT2D eigenvalue weighted by atomic mass is 9.93. The van der Waals surface area contributed by atoms with Gasteiger partial charge in [-0.15, -0.1) is 25.3 Å². The fraction of sp³-hybridized carbons (Fsp3) is 0.200. The minimum absolute atomic E-state index is 0.651. The molecule has 2 aromatic carbocycles. The summed E-state index contributed by atoms with van der Waals surface area (Å²) < 4.78 is 0. The largest absolute Gasteiger partial charge is 0.142 e. The van der Waals surface area contributed by atoms with Crippen LogP contribution in [0.3, 0.4) is 0 Å². The zero-order valence-electron chi connectivity index (χ0n) is 9.22. The fourth-order valence-corrected chi connectivity index (χ4v) is 3.57. The lowest BCUT2D eigenvalue weighted by Gasteiger charge is -2.13. The molecule has 0 saturated carbocycles. The van der Waals surface area contributed by atoms with Gasteiger partial charge in [0.1, 0.15) is 0 Å². The van der Waals surface area contributed by atoms with Crippen LogP contribution >= 0.6 is 25.3 Å². The summed E-state index contributed by atoms with van der Waals surface area (Å²) in [5.41, 5.74) is 3.04. The SMILES string of the molecule is Sc1cc2cc3c(cc2cc1S)C1C=CC3C1. The molecule has 4 rings (SSSR count). The zero-order chi connectivity index (χ0) is 11.6. The third-order valence-electron chi connectivity index (χ3n) is 4.02. The van der Waals surface area contributed by atoms with E-state index in [1.165, 1.54) is 28.3 Å². The fourth-order valence-electron chi connectivity index (χ4n) is 3.16. The predicted molar refractivity (Wildman–Crippen MR) is 77.7 cm³/mol. The summed E-state index contributed by atoms with van der Waals surface area (Å²) in [6.07, 6.45) is 5.98. The van der Waals surface area contributed by atoms with E-state index in [0.717, 1.165) is 9.79 Å². The summed E-state index contributed by atoms with van der Waals surface area (Å²) in [4.78, 5) is 1.92. The van der Waals surface area contributed by atoms with Gasteiger partial charge in [0.2, 0.25) is 0 Å². The average Bonchev–Trinajstić information content (AvgIpc) is 2.89. The van der Waals surface area contributed by atoms with Crippen LogP contribution in [0.25, 0.3) is 10.8 Å². The van der Waals surface area contributed by atoms with Crippen LogP contribution in [0.2, 0.25) is 0 Å². The van der Waals surface area contributed by atoms with Gasteiger partial charge >= 0.3 is 0 Å². The van der Waals surface area contributed by atoms with Gasteiger partial charge in [0, 0.05) is 21.6 Å². The van der Waals surface area contributed by atoms with Crippen molar-refractivity contribution in [2.75, 3.05) is 0 Å². The molecule has 0 amide bonds. The normalized spacial score (nSPS) is 24.6. The molecule has 0 nitrogen and oxygen atoms in total. The second-order valence-corrected chi connectivity index (χ2v) is 5.97. The Morgan fingerprint density at radius 2 is 1.24 bits per heavy atom. The number of hydrogen-bond donors (Lipinski definition) is 2. The lowest BCUT2D eigenvalue weighted by Crippen LogP contribution is -1.93. The second-order valence-electron chi connectivity index (χ2n) is 5.00. The number of allylic oxidation sites excluding steroid dienone is 2. The van der Waals surface area contributed by atoms with Crippen LogP contribution in [0.1, 0.15) is 29.4 Å². The Hall–Kier alpha value is -0.860. The van der Waals surface area contributed by atoms with E-state index in [4.69, 9.17) is 0 Å². The quantitative estimate of drug-likeness (QED) is 0.501. The van der Waals surface area contributed by atoms with E-state index in [9.17, 15) is 0 Å². The molecule has 0 fully saturated rings. The van der Waals surface area contributed by atoms with Crippen LogP contribution in [0.15, 0.2) is 46.2 Å². The first-order chi connectivity index (χ1) is 8.22. The molecule has 0 spiro atoms. The monoisotopic (exact) mass is 256 g/mol. The van der Waals surface area contributed by atoms with Crippen molar-refractivity contribution >= 4 is 36.0 Å². The molecule has 2 aliphatic carbocycles. The van der Waals surface area contributed by atoms with E-state index in [-0.39, 0.29) is 0 Å². The molecule has 0 heterocycles. The molecule has 2 bridgehead atoms. The highest BCUT2D eigenvalue weighted by Gasteiger charge is 2.32. The van der Waals surface area contributed by atoms with Crippen LogP contribution in [0, 0.1) is 0 Å². The Bertz CT molecular complexity index is 614. The van der Waals surface area contributed by atoms with Gasteiger partial charge in [-0.1, -0.05) is 24.3 Å². The van der Waals surface area contributed by atoms with E-state index < -0.39 is 0 Å². The van der Waals surface area contributed by atoms with Crippen molar-refractivity contribution in [1.29, 1.82) is 0 Å². The Labute approximate surface area is 112 Å². The second kappa shape index (κ2) is 3.33. The summed E-state index contributed by atoms with van der Waals surface area (Å²) in [7, 11) is 0. The van der Waals surface area contributed by atoms with E-state index in [0.29, 0.717) is 11.8 Å². The van der Waals surface area contributed by atoms with Crippen molar-refractivity contribution in [1.82, 2.24) is 0 Å². The van der Waals surface area contributed by atoms with Gasteiger partial charge in [0.15, 0.2) is 0 Å². The minimum Gasteiger partial charge on any atom is -0.142 e. The molecule has 84 valence electrons. The van der Waals surface area contributed by atoms with Crippen LogP contribution in [0.5, 0.6) is 0 Å². The molecule has 2 aliphatic rings. The van der Waals surface area contributed by atoms with Gasteiger partial charge in [-0.2, -0.15) is 0 Å². The van der Waals surface area contributed by atoms with E-state index in [1.54, 1.807) is 0 Å². The van der Waals surface area contributed by atoms with Gasteiger partial charge in [-0.25, -0.2) is 0 Å². The zero-order valence-corrected chi connectivity index (χ0v) is 11.0. The molecule has 2 aromatic rings. The number of thiol groups is 2. The highest BCUT2D eigenvalue weighted by molar-refractivity contribution is 7.83. The Morgan fingerprint density at radius 1 is 0.765 bits per heavy atom. The van der Waals surface area contributed by atoms with Gasteiger partial charge in [-0.3, -0.25) is 0 Å². The van der Waals surface area contributed by atoms with Crippen molar-refractivity contribution in [3.63, 3.8) is 0 Å². The lowest BCUT2D eigenvalue weighted by molar-refractivity contribution is 0.805. The third-order valence-corrected chi connectivity index (χ3v) is 4.93. The molecule has 2 unspecified atom stereocenters. The smallest absolute Gasteiger partial charge is 0.0180 e. The average molecular weight is 256 g/mol. The maximum absolute atomic E-state index is 4.44. The standard InChI is InChI=1S/C15H12S2/c16-14-6-10-4-12-8-1-2-9(3-8)13(12)5-11(10)7-15(14)17/h1-2,4-9,16-17H,3H2. The van der Waals surface area contributed by atoms with Crippen molar-refractivity contribution in [3.05, 3.63) is 47.5 Å². The summed E-state index contributed by atoms with van der Waals surface area (Å²) in [5, 5.41) is 2.57. The molecule has 2 heteroatoms. The summed E-state index contributed by atoms with van der Waals surface area (Å²) >= 11 is 8.89. The molecule has 17 heavy (non-hydrogen) atoms. The first kappa shape index (κ1) is 10.1. The number of rotatable bonds is 0. The third kappa shape index (κ3) is 1.34. The van der Waals surface area contributed by atoms with E-state index in [1.807, 2.05) is 0 Å². The van der Waals surface area contributed by atoms with Gasteiger partial charge in [-0.05, 0) is 40.5 Å². The van der Waals surface area contributed by atoms with Crippen LogP contribution in [0.4, 0.5) is 0 Å². The van der Waals surface area contributed by atoms with Gasteiger partial charge in [0.25, 0.3) is 0 Å². The first-order valence-corrected chi connectivity index (χ1v) is 6.79. The molecular weight excluding hydrogens is 244 g/mol. The maximum atomic E-state index is 4.44. The highest BCUT2D eigenvalue weighted by Crippen LogP contribution is 2.49. The van der Waals surface area contributed by atoms with Crippen LogP contribution < -0.4 is 0 Å². The first-order valence-electron chi connectivity index (χ1n) is 5.90. The van der Waals surface area contributed by atoms with Crippen molar-refractivity contribution in [2.45, 2.75) is 28.0 Å². The van der Waals surface area contributed by atoms with Crippen molar-refractivity contribution < 1.29 is 0 Å². The number of hydrogen-bond acceptors (Lipinski definition) is 2. The van der Waals surface area contributed by atoms with Gasteiger partial charge in [0.05, 0.1) is 0 Å². The molecule has 0 aromatic heterocycles. The van der Waals surface area contributed by atoms with E-state index in [2.05, 4.69) is 61.7 Å². The van der Waals surface area contributed by atoms with Crippen molar-refractivity contribution in [2.24, 2.45) is 0 Å². The van der Waals surface area contributed by atoms with Crippen molar-refractivity contribution in [3.8, 4) is 0 Å². The number of benzene rings is 2. The molecule has 0 saturated heterocycles. The maximum Gasteiger partial charge on any atom is 0.0180 e. The Morgan fingerprint density at radius 3 is 1.71 bits per heavy atom. The number of fused-ring (bicyclic) bond motifs is 6. The topological polar surface area (TPSA) is 0 Å². The summed E-state index contributed by atoms with van der Waals surface area (Å²) in [6.45, 7) is 0. The van der Waals surface area contributed by atoms with Crippen LogP contribution in [-0.2, 0) is 0 Å². The van der Waals surface area contributed by atoms with Crippen LogP contribution in [-0.4, -0.2) is 0 Å². The molecule has 0 N–H and O–H groups in total. The van der Waals surface area contributed by atoms with E-state index >= 15 is 0 Å². The highest BCUT2D eigenvalue weighted by atomic mass is 32.1.